The first-order valence-corrected chi connectivity index (χ1v) is 11.8. The van der Waals surface area contributed by atoms with Crippen molar-refractivity contribution >= 4 is 27.5 Å². The Morgan fingerprint density at radius 1 is 0.971 bits per heavy atom. The monoisotopic (exact) mass is 519 g/mol. The number of rotatable bonds is 6. The third kappa shape index (κ3) is 4.62. The molecule has 1 atom stereocenters. The van der Waals surface area contributed by atoms with E-state index in [1.54, 1.807) is 17.0 Å². The van der Waals surface area contributed by atoms with Gasteiger partial charge in [0.05, 0.1) is 0 Å². The van der Waals surface area contributed by atoms with Gasteiger partial charge in [0.15, 0.2) is 6.23 Å². The zero-order chi connectivity index (χ0) is 23.7. The second-order valence-corrected chi connectivity index (χ2v) is 9.18. The molecule has 1 unspecified atom stereocenters. The fourth-order valence-electron chi connectivity index (χ4n) is 4.19. The van der Waals surface area contributed by atoms with E-state index in [9.17, 15) is 9.18 Å². The molecular formula is C27H23BrFN3O2. The van der Waals surface area contributed by atoms with Gasteiger partial charge in [-0.05, 0) is 66.1 Å². The highest BCUT2D eigenvalue weighted by Gasteiger charge is 2.35. The predicted octanol–water partition coefficient (Wildman–Crippen LogP) is 5.73. The zero-order valence-corrected chi connectivity index (χ0v) is 19.9. The van der Waals surface area contributed by atoms with E-state index in [2.05, 4.69) is 15.9 Å². The summed E-state index contributed by atoms with van der Waals surface area (Å²) < 4.78 is 22.6. The maximum Gasteiger partial charge on any atom is 0.250 e. The van der Waals surface area contributed by atoms with E-state index in [4.69, 9.17) is 10.5 Å². The minimum absolute atomic E-state index is 0.0265. The lowest BCUT2D eigenvalue weighted by Crippen LogP contribution is -2.30. The van der Waals surface area contributed by atoms with Gasteiger partial charge in [-0.25, -0.2) is 4.39 Å². The molecule has 0 saturated carbocycles. The average Bonchev–Trinajstić information content (AvgIpc) is 3.43. The Bertz CT molecular complexity index is 1300. The Labute approximate surface area is 205 Å². The highest BCUT2D eigenvalue weighted by Crippen LogP contribution is 2.37. The maximum atomic E-state index is 13.6. The van der Waals surface area contributed by atoms with Gasteiger partial charge in [0, 0.05) is 45.9 Å². The van der Waals surface area contributed by atoms with Crippen LogP contribution >= 0.6 is 15.9 Å². The van der Waals surface area contributed by atoms with Crippen LogP contribution in [0.3, 0.4) is 0 Å². The van der Waals surface area contributed by atoms with Crippen LogP contribution in [0.5, 0.6) is 0 Å². The van der Waals surface area contributed by atoms with Crippen LogP contribution in [0.25, 0.3) is 16.8 Å². The van der Waals surface area contributed by atoms with Crippen LogP contribution in [0.15, 0.2) is 89.7 Å². The largest absolute Gasteiger partial charge is 0.399 e. The summed E-state index contributed by atoms with van der Waals surface area (Å²) in [6.45, 7) is 0.540. The van der Waals surface area contributed by atoms with Gasteiger partial charge in [0.25, 0.3) is 5.91 Å². The van der Waals surface area contributed by atoms with Crippen LogP contribution in [0, 0.1) is 5.82 Å². The van der Waals surface area contributed by atoms with Gasteiger partial charge >= 0.3 is 0 Å². The smallest absolute Gasteiger partial charge is 0.250 e. The average molecular weight is 520 g/mol. The van der Waals surface area contributed by atoms with E-state index in [1.807, 2.05) is 65.5 Å². The molecule has 7 heteroatoms. The van der Waals surface area contributed by atoms with Crippen molar-refractivity contribution in [2.75, 3.05) is 18.9 Å². The number of nitrogens with two attached hydrogens (primary N) is 1. The Morgan fingerprint density at radius 3 is 2.38 bits per heavy atom. The third-order valence-corrected chi connectivity index (χ3v) is 6.52. The molecule has 1 saturated heterocycles. The molecule has 0 spiro atoms. The number of anilines is 1. The summed E-state index contributed by atoms with van der Waals surface area (Å²) in [5, 5.41) is 0. The summed E-state index contributed by atoms with van der Waals surface area (Å²) in [7, 11) is 0. The standard InChI is InChI=1S/C27H23BrFN3O2/c28-20-5-11-23(12-6-20)31-15-24(19-3-7-21(29)8-4-19)25(16-31)27-32(26(33)17-34-27)14-13-18-1-9-22(30)10-2-18/h1-12,15-16,27H,13-14,17,30H2. The molecule has 0 bridgehead atoms. The molecule has 5 rings (SSSR count). The quantitative estimate of drug-likeness (QED) is 0.331. The number of aromatic nitrogens is 1. The number of hydrogen-bond donors (Lipinski definition) is 1. The van der Waals surface area contributed by atoms with E-state index in [1.165, 1.54) is 12.1 Å². The number of nitrogen functional groups attached to an aromatic ring is 1. The van der Waals surface area contributed by atoms with Crippen LogP contribution in [-0.4, -0.2) is 28.5 Å². The Balaban J connectivity index is 1.50. The first-order valence-electron chi connectivity index (χ1n) is 11.0. The summed E-state index contributed by atoms with van der Waals surface area (Å²) in [4.78, 5) is 14.5. The van der Waals surface area contributed by atoms with Gasteiger partial charge in [0.2, 0.25) is 0 Å². The van der Waals surface area contributed by atoms with E-state index >= 15 is 0 Å². The maximum absolute atomic E-state index is 13.6. The summed E-state index contributed by atoms with van der Waals surface area (Å²) in [5.41, 5.74) is 11.2. The molecule has 1 aromatic heterocycles. The van der Waals surface area contributed by atoms with Gasteiger partial charge in [-0.1, -0.05) is 40.2 Å². The second-order valence-electron chi connectivity index (χ2n) is 8.26. The zero-order valence-electron chi connectivity index (χ0n) is 18.3. The summed E-state index contributed by atoms with van der Waals surface area (Å²) in [6, 6.07) is 22.0. The van der Waals surface area contributed by atoms with Crippen molar-refractivity contribution in [1.82, 2.24) is 9.47 Å². The van der Waals surface area contributed by atoms with Crippen molar-refractivity contribution in [3.63, 3.8) is 0 Å². The van der Waals surface area contributed by atoms with Crippen LogP contribution in [0.4, 0.5) is 10.1 Å². The molecular weight excluding hydrogens is 497 g/mol. The number of amides is 1. The lowest BCUT2D eigenvalue weighted by atomic mass is 10.0. The summed E-state index contributed by atoms with van der Waals surface area (Å²) in [6.07, 6.45) is 4.14. The Hall–Kier alpha value is -3.42. The molecule has 172 valence electrons. The van der Waals surface area contributed by atoms with Crippen molar-refractivity contribution in [2.45, 2.75) is 12.6 Å². The highest BCUT2D eigenvalue weighted by molar-refractivity contribution is 9.10. The number of carbonyl (C=O) groups excluding carboxylic acids is 1. The minimum Gasteiger partial charge on any atom is -0.399 e. The van der Waals surface area contributed by atoms with E-state index in [-0.39, 0.29) is 18.3 Å². The van der Waals surface area contributed by atoms with Crippen molar-refractivity contribution in [2.24, 2.45) is 0 Å². The molecule has 1 aliphatic heterocycles. The minimum atomic E-state index is -0.530. The molecule has 2 heterocycles. The molecule has 3 aromatic carbocycles. The number of nitrogens with zero attached hydrogens (tertiary/aromatic N) is 2. The number of benzene rings is 3. The Kier molecular flexibility index (Phi) is 6.22. The van der Waals surface area contributed by atoms with Gasteiger partial charge < -0.3 is 19.9 Å². The molecule has 4 aromatic rings. The number of carbonyl (C=O) groups is 1. The fourth-order valence-corrected chi connectivity index (χ4v) is 4.45. The van der Waals surface area contributed by atoms with Crippen molar-refractivity contribution in [1.29, 1.82) is 0 Å². The predicted molar refractivity (Wildman–Crippen MR) is 134 cm³/mol. The molecule has 1 aliphatic rings. The summed E-state index contributed by atoms with van der Waals surface area (Å²) >= 11 is 3.47. The second kappa shape index (κ2) is 9.44. The lowest BCUT2D eigenvalue weighted by molar-refractivity contribution is -0.128. The molecule has 2 N–H and O–H groups in total. The van der Waals surface area contributed by atoms with Crippen LogP contribution < -0.4 is 5.73 Å². The van der Waals surface area contributed by atoms with Gasteiger partial charge in [0.1, 0.15) is 12.4 Å². The van der Waals surface area contributed by atoms with Crippen LogP contribution in [0.2, 0.25) is 0 Å². The first kappa shape index (κ1) is 22.4. The Morgan fingerprint density at radius 2 is 1.68 bits per heavy atom. The van der Waals surface area contributed by atoms with Gasteiger partial charge in [-0.15, -0.1) is 0 Å². The molecule has 34 heavy (non-hydrogen) atoms. The topological polar surface area (TPSA) is 60.5 Å². The van der Waals surface area contributed by atoms with Crippen LogP contribution in [0.1, 0.15) is 17.4 Å². The van der Waals surface area contributed by atoms with Gasteiger partial charge in [-0.2, -0.15) is 0 Å². The molecule has 1 fully saturated rings. The molecule has 0 radical (unpaired) electrons. The molecule has 5 nitrogen and oxygen atoms in total. The van der Waals surface area contributed by atoms with E-state index in [0.29, 0.717) is 18.7 Å². The fraction of sp³-hybridized carbons (Fsp3) is 0.148. The van der Waals surface area contributed by atoms with Crippen molar-refractivity contribution in [3.8, 4) is 16.8 Å². The van der Waals surface area contributed by atoms with E-state index < -0.39 is 6.23 Å². The highest BCUT2D eigenvalue weighted by atomic mass is 79.9. The molecule has 1 amide bonds. The number of hydrogen-bond acceptors (Lipinski definition) is 3. The SMILES string of the molecule is Nc1ccc(CCN2C(=O)COC2c2cn(-c3ccc(Br)cc3)cc2-c2ccc(F)cc2)cc1. The van der Waals surface area contributed by atoms with Crippen molar-refractivity contribution < 1.29 is 13.9 Å². The van der Waals surface area contributed by atoms with Crippen molar-refractivity contribution in [3.05, 3.63) is 107 Å². The number of halogens is 2. The third-order valence-electron chi connectivity index (χ3n) is 5.99. The van der Waals surface area contributed by atoms with E-state index in [0.717, 1.165) is 32.4 Å². The summed E-state index contributed by atoms with van der Waals surface area (Å²) in [5.74, 6) is -0.350. The number of ether oxygens (including phenoxy) is 1. The molecule has 0 aliphatic carbocycles. The van der Waals surface area contributed by atoms with Gasteiger partial charge in [-0.3, -0.25) is 4.79 Å². The normalized spacial score (nSPS) is 15.8. The van der Waals surface area contributed by atoms with Crippen LogP contribution in [-0.2, 0) is 16.0 Å². The first-order chi connectivity index (χ1) is 16.5. The lowest BCUT2D eigenvalue weighted by Gasteiger charge is -2.24.